The Labute approximate surface area is 212 Å². The van der Waals surface area contributed by atoms with E-state index in [4.69, 9.17) is 11.6 Å². The van der Waals surface area contributed by atoms with Crippen molar-refractivity contribution in [2.75, 3.05) is 0 Å². The highest BCUT2D eigenvalue weighted by atomic mass is 35.5. The smallest absolute Gasteiger partial charge is 0.101 e. The number of rotatable bonds is 9. The summed E-state index contributed by atoms with van der Waals surface area (Å²) >= 11 is 9.48. The maximum absolute atomic E-state index is 11.5. The summed E-state index contributed by atoms with van der Waals surface area (Å²) in [6, 6.07) is 18.1. The fourth-order valence-corrected chi connectivity index (χ4v) is 6.73. The van der Waals surface area contributed by atoms with Gasteiger partial charge in [0.15, 0.2) is 0 Å². The molecule has 5 heteroatoms. The first-order chi connectivity index (χ1) is 15.7. The molecule has 2 atom stereocenters. The Morgan fingerprint density at radius 1 is 0.758 bits per heavy atom. The first-order valence-corrected chi connectivity index (χ1v) is 13.7. The van der Waals surface area contributed by atoms with Crippen LogP contribution in [0.15, 0.2) is 70.7 Å². The summed E-state index contributed by atoms with van der Waals surface area (Å²) in [6.45, 7) is 13.5. The second-order valence-electron chi connectivity index (χ2n) is 9.26. The van der Waals surface area contributed by atoms with E-state index < -0.39 is 6.10 Å². The Balaban J connectivity index is 2.08. The normalized spacial score (nSPS) is 13.7. The number of aliphatic hydroxyl groups excluding tert-OH is 1. The van der Waals surface area contributed by atoms with Crippen molar-refractivity contribution >= 4 is 35.1 Å². The molecule has 0 aliphatic carbocycles. The van der Waals surface area contributed by atoms with Crippen molar-refractivity contribution in [2.45, 2.75) is 79.9 Å². The van der Waals surface area contributed by atoms with Gasteiger partial charge in [0, 0.05) is 16.1 Å². The van der Waals surface area contributed by atoms with Crippen molar-refractivity contribution in [2.24, 2.45) is 0 Å². The van der Waals surface area contributed by atoms with E-state index in [0.29, 0.717) is 22.8 Å². The van der Waals surface area contributed by atoms with E-state index in [1.807, 2.05) is 42.5 Å². The maximum Gasteiger partial charge on any atom is 0.101 e. The van der Waals surface area contributed by atoms with Gasteiger partial charge in [-0.25, -0.2) is 4.98 Å². The summed E-state index contributed by atoms with van der Waals surface area (Å²) < 4.78 is -0.166. The summed E-state index contributed by atoms with van der Waals surface area (Å²) in [6.07, 6.45) is 1.12. The number of aliphatic hydroxyl groups is 1. The van der Waals surface area contributed by atoms with E-state index in [1.165, 1.54) is 21.6 Å². The average Bonchev–Trinajstić information content (AvgIpc) is 2.78. The molecule has 1 aromatic heterocycles. The predicted octanol–water partition coefficient (Wildman–Crippen LogP) is 9.05. The van der Waals surface area contributed by atoms with Crippen LogP contribution in [0, 0.1) is 0 Å². The number of pyridine rings is 1. The van der Waals surface area contributed by atoms with Gasteiger partial charge in [0.25, 0.3) is 0 Å². The standard InChI is InChI=1S/C28H34ClNOS2/c1-17(2)21-15-23(18(3)4)27(24(16-21)19(5)6)33-28(32-25-9-7-8-14-30-25)26(31)20-10-12-22(29)13-11-20/h7-19,26,28,31H,1-6H3/t26-,28-/m1/s1. The molecule has 0 radical (unpaired) electrons. The molecule has 0 amide bonds. The third-order valence-electron chi connectivity index (χ3n) is 5.66. The summed E-state index contributed by atoms with van der Waals surface area (Å²) in [5.74, 6) is 1.24. The molecule has 0 aliphatic heterocycles. The van der Waals surface area contributed by atoms with Crippen LogP contribution >= 0.6 is 35.1 Å². The van der Waals surface area contributed by atoms with Gasteiger partial charge in [0.05, 0.1) is 9.61 Å². The summed E-state index contributed by atoms with van der Waals surface area (Å²) in [5, 5.41) is 13.1. The molecule has 0 spiro atoms. The molecule has 33 heavy (non-hydrogen) atoms. The molecule has 1 N–H and O–H groups in total. The lowest BCUT2D eigenvalue weighted by atomic mass is 9.89. The molecular formula is C28H34ClNOS2. The van der Waals surface area contributed by atoms with Gasteiger partial charge in [0.2, 0.25) is 0 Å². The zero-order chi connectivity index (χ0) is 24.1. The molecule has 0 bridgehead atoms. The summed E-state index contributed by atoms with van der Waals surface area (Å²) in [4.78, 5) is 5.80. The Morgan fingerprint density at radius 3 is 1.85 bits per heavy atom. The topological polar surface area (TPSA) is 33.1 Å². The Morgan fingerprint density at radius 2 is 1.36 bits per heavy atom. The van der Waals surface area contributed by atoms with E-state index in [-0.39, 0.29) is 4.58 Å². The van der Waals surface area contributed by atoms with Gasteiger partial charge in [-0.15, -0.1) is 11.8 Å². The monoisotopic (exact) mass is 499 g/mol. The van der Waals surface area contributed by atoms with Gasteiger partial charge in [-0.1, -0.05) is 95.2 Å². The van der Waals surface area contributed by atoms with Crippen molar-refractivity contribution in [3.05, 3.63) is 88.1 Å². The fourth-order valence-electron chi connectivity index (χ4n) is 3.65. The fraction of sp³-hybridized carbons (Fsp3) is 0.393. The average molecular weight is 500 g/mol. The van der Waals surface area contributed by atoms with E-state index in [2.05, 4.69) is 58.7 Å². The first kappa shape index (κ1) is 26.2. The van der Waals surface area contributed by atoms with E-state index >= 15 is 0 Å². The Hall–Kier alpha value is -1.46. The van der Waals surface area contributed by atoms with Crippen LogP contribution in [0.3, 0.4) is 0 Å². The largest absolute Gasteiger partial charge is 0.386 e. The third-order valence-corrected chi connectivity index (χ3v) is 8.66. The number of hydrogen-bond acceptors (Lipinski definition) is 4. The van der Waals surface area contributed by atoms with Crippen LogP contribution < -0.4 is 0 Å². The number of nitrogens with zero attached hydrogens (tertiary/aromatic N) is 1. The van der Waals surface area contributed by atoms with Crippen molar-refractivity contribution in [1.29, 1.82) is 0 Å². The van der Waals surface area contributed by atoms with E-state index in [9.17, 15) is 5.11 Å². The first-order valence-electron chi connectivity index (χ1n) is 11.5. The van der Waals surface area contributed by atoms with Crippen LogP contribution in [0.5, 0.6) is 0 Å². The quantitative estimate of drug-likeness (QED) is 0.235. The van der Waals surface area contributed by atoms with Crippen molar-refractivity contribution in [3.8, 4) is 0 Å². The molecular weight excluding hydrogens is 466 g/mol. The molecule has 0 saturated carbocycles. The summed E-state index contributed by atoms with van der Waals surface area (Å²) in [7, 11) is 0. The highest BCUT2D eigenvalue weighted by molar-refractivity contribution is 8.17. The van der Waals surface area contributed by atoms with Crippen molar-refractivity contribution < 1.29 is 5.11 Å². The SMILES string of the molecule is CC(C)c1cc(C(C)C)c(S[C@@H](Sc2ccccn2)[C@H](O)c2ccc(Cl)cc2)c(C(C)C)c1. The number of benzene rings is 2. The van der Waals surface area contributed by atoms with Gasteiger partial charge in [-0.05, 0) is 64.3 Å². The lowest BCUT2D eigenvalue weighted by molar-refractivity contribution is 0.196. The van der Waals surface area contributed by atoms with Crippen LogP contribution in [0.4, 0.5) is 0 Å². The zero-order valence-electron chi connectivity index (χ0n) is 20.2. The molecule has 0 saturated heterocycles. The minimum absolute atomic E-state index is 0.166. The lowest BCUT2D eigenvalue weighted by Gasteiger charge is -2.27. The van der Waals surface area contributed by atoms with E-state index in [0.717, 1.165) is 10.6 Å². The van der Waals surface area contributed by atoms with Crippen LogP contribution in [-0.4, -0.2) is 14.7 Å². The minimum atomic E-state index is -0.677. The van der Waals surface area contributed by atoms with Crippen molar-refractivity contribution in [3.63, 3.8) is 0 Å². The molecule has 3 aromatic rings. The highest BCUT2D eigenvalue weighted by Crippen LogP contribution is 2.47. The molecule has 0 aliphatic rings. The number of aromatic nitrogens is 1. The van der Waals surface area contributed by atoms with Crippen LogP contribution in [0.2, 0.25) is 5.02 Å². The number of thioether (sulfide) groups is 2. The van der Waals surface area contributed by atoms with Crippen LogP contribution in [0.1, 0.15) is 87.7 Å². The minimum Gasteiger partial charge on any atom is -0.386 e. The van der Waals surface area contributed by atoms with Gasteiger partial charge >= 0.3 is 0 Å². The van der Waals surface area contributed by atoms with Crippen LogP contribution in [-0.2, 0) is 0 Å². The maximum atomic E-state index is 11.5. The lowest BCUT2D eigenvalue weighted by Crippen LogP contribution is -2.14. The van der Waals surface area contributed by atoms with Gasteiger partial charge < -0.3 is 5.11 Å². The molecule has 2 nitrogen and oxygen atoms in total. The highest BCUT2D eigenvalue weighted by Gasteiger charge is 2.28. The molecule has 0 unspecified atom stereocenters. The molecule has 3 rings (SSSR count). The van der Waals surface area contributed by atoms with Crippen LogP contribution in [0.25, 0.3) is 0 Å². The second-order valence-corrected chi connectivity index (χ2v) is 12.3. The van der Waals surface area contributed by atoms with Crippen molar-refractivity contribution in [1.82, 2.24) is 4.98 Å². The predicted molar refractivity (Wildman–Crippen MR) is 145 cm³/mol. The Bertz CT molecular complexity index is 1010. The number of halogens is 1. The molecule has 1 heterocycles. The molecule has 176 valence electrons. The molecule has 0 fully saturated rings. The van der Waals surface area contributed by atoms with Gasteiger partial charge in [0.1, 0.15) is 6.10 Å². The van der Waals surface area contributed by atoms with Gasteiger partial charge in [-0.3, -0.25) is 0 Å². The Kier molecular flexibility index (Phi) is 9.34. The third kappa shape index (κ3) is 6.79. The summed E-state index contributed by atoms with van der Waals surface area (Å²) in [5.41, 5.74) is 4.94. The second kappa shape index (κ2) is 11.8. The molecule has 2 aromatic carbocycles. The van der Waals surface area contributed by atoms with E-state index in [1.54, 1.807) is 29.7 Å². The number of hydrogen-bond donors (Lipinski definition) is 1. The zero-order valence-corrected chi connectivity index (χ0v) is 22.6. The van der Waals surface area contributed by atoms with Gasteiger partial charge in [-0.2, -0.15) is 0 Å².